The summed E-state index contributed by atoms with van der Waals surface area (Å²) >= 11 is 9.37. The van der Waals surface area contributed by atoms with Gasteiger partial charge in [-0.2, -0.15) is 0 Å². The lowest BCUT2D eigenvalue weighted by molar-refractivity contribution is 0.577. The number of hydrogen-bond acceptors (Lipinski definition) is 1. The molecule has 0 saturated carbocycles. The van der Waals surface area contributed by atoms with Gasteiger partial charge in [-0.3, -0.25) is 0 Å². The van der Waals surface area contributed by atoms with E-state index in [2.05, 4.69) is 47.2 Å². The molecule has 0 aliphatic carbocycles. The van der Waals surface area contributed by atoms with Crippen LogP contribution < -0.4 is 5.32 Å². The fraction of sp³-hybridized carbons (Fsp3) is 0.385. The molecule has 1 aromatic carbocycles. The van der Waals surface area contributed by atoms with Crippen molar-refractivity contribution in [3.63, 3.8) is 0 Å². The van der Waals surface area contributed by atoms with Crippen molar-refractivity contribution in [3.8, 4) is 0 Å². The first-order valence-electron chi connectivity index (χ1n) is 5.42. The molecule has 0 radical (unpaired) electrons. The summed E-state index contributed by atoms with van der Waals surface area (Å²) in [6.45, 7) is 6.34. The van der Waals surface area contributed by atoms with Gasteiger partial charge in [0.05, 0.1) is 5.02 Å². The van der Waals surface area contributed by atoms with Crippen LogP contribution >= 0.6 is 27.5 Å². The van der Waals surface area contributed by atoms with Crippen molar-refractivity contribution in [1.29, 1.82) is 0 Å². The van der Waals surface area contributed by atoms with Crippen LogP contribution in [0, 0.1) is 5.92 Å². The second-order valence-electron chi connectivity index (χ2n) is 4.13. The summed E-state index contributed by atoms with van der Waals surface area (Å²) in [6.07, 6.45) is 4.19. The number of nitrogens with one attached hydrogen (secondary N) is 1. The number of halogens is 2. The van der Waals surface area contributed by atoms with Gasteiger partial charge >= 0.3 is 0 Å². The van der Waals surface area contributed by atoms with Crippen molar-refractivity contribution >= 4 is 33.6 Å². The van der Waals surface area contributed by atoms with E-state index in [1.54, 1.807) is 0 Å². The quantitative estimate of drug-likeness (QED) is 0.797. The SMILES string of the molecule is CC(C)CNC/C=C/c1ccc(Br)c(Cl)c1. The highest BCUT2D eigenvalue weighted by molar-refractivity contribution is 9.10. The van der Waals surface area contributed by atoms with Crippen LogP contribution in [0.3, 0.4) is 0 Å². The molecule has 1 nitrogen and oxygen atoms in total. The third-order valence-electron chi connectivity index (χ3n) is 2.07. The van der Waals surface area contributed by atoms with Gasteiger partial charge in [0.25, 0.3) is 0 Å². The minimum Gasteiger partial charge on any atom is -0.313 e. The lowest BCUT2D eigenvalue weighted by Crippen LogP contribution is -2.19. The molecular formula is C13H17BrClN. The molecule has 0 aliphatic rings. The Kier molecular flexibility index (Phi) is 6.10. The summed E-state index contributed by atoms with van der Waals surface area (Å²) in [5.41, 5.74) is 1.12. The molecule has 0 unspecified atom stereocenters. The minimum absolute atomic E-state index is 0.690. The van der Waals surface area contributed by atoms with Crippen LogP contribution in [-0.2, 0) is 0 Å². The largest absolute Gasteiger partial charge is 0.313 e. The van der Waals surface area contributed by atoms with E-state index in [9.17, 15) is 0 Å². The van der Waals surface area contributed by atoms with E-state index in [1.165, 1.54) is 0 Å². The summed E-state index contributed by atoms with van der Waals surface area (Å²) in [4.78, 5) is 0. The zero-order valence-corrected chi connectivity index (χ0v) is 12.0. The van der Waals surface area contributed by atoms with E-state index >= 15 is 0 Å². The summed E-state index contributed by atoms with van der Waals surface area (Å²) < 4.78 is 0.934. The highest BCUT2D eigenvalue weighted by Gasteiger charge is 1.95. The summed E-state index contributed by atoms with van der Waals surface area (Å²) in [5.74, 6) is 0.690. The molecule has 0 heterocycles. The number of benzene rings is 1. The maximum Gasteiger partial charge on any atom is 0.0554 e. The van der Waals surface area contributed by atoms with Crippen molar-refractivity contribution < 1.29 is 0 Å². The molecular weight excluding hydrogens is 286 g/mol. The number of rotatable bonds is 5. The fourth-order valence-electron chi connectivity index (χ4n) is 1.27. The number of hydrogen-bond donors (Lipinski definition) is 1. The average molecular weight is 303 g/mol. The fourth-order valence-corrected chi connectivity index (χ4v) is 1.70. The van der Waals surface area contributed by atoms with Gasteiger partial charge in [-0.25, -0.2) is 0 Å². The summed E-state index contributed by atoms with van der Waals surface area (Å²) in [6, 6.07) is 5.95. The topological polar surface area (TPSA) is 12.0 Å². The van der Waals surface area contributed by atoms with Gasteiger partial charge in [0, 0.05) is 11.0 Å². The molecule has 0 fully saturated rings. The van der Waals surface area contributed by atoms with Crippen LogP contribution in [0.5, 0.6) is 0 Å². The van der Waals surface area contributed by atoms with E-state index in [0.29, 0.717) is 5.92 Å². The van der Waals surface area contributed by atoms with E-state index in [4.69, 9.17) is 11.6 Å². The molecule has 0 bridgehead atoms. The molecule has 16 heavy (non-hydrogen) atoms. The molecule has 0 saturated heterocycles. The molecule has 1 aromatic rings. The monoisotopic (exact) mass is 301 g/mol. The Morgan fingerprint density at radius 2 is 2.19 bits per heavy atom. The zero-order valence-electron chi connectivity index (χ0n) is 9.63. The first-order chi connectivity index (χ1) is 7.59. The van der Waals surface area contributed by atoms with Crippen LogP contribution in [0.15, 0.2) is 28.7 Å². The molecule has 0 amide bonds. The Morgan fingerprint density at radius 1 is 1.44 bits per heavy atom. The predicted octanol–water partition coefficient (Wildman–Crippen LogP) is 4.36. The van der Waals surface area contributed by atoms with Crippen molar-refractivity contribution in [2.75, 3.05) is 13.1 Å². The smallest absolute Gasteiger partial charge is 0.0554 e. The molecule has 0 atom stereocenters. The van der Waals surface area contributed by atoms with Gasteiger partial charge in [-0.15, -0.1) is 0 Å². The molecule has 0 aromatic heterocycles. The van der Waals surface area contributed by atoms with Crippen molar-refractivity contribution in [3.05, 3.63) is 39.3 Å². The highest BCUT2D eigenvalue weighted by atomic mass is 79.9. The van der Waals surface area contributed by atoms with Crippen molar-refractivity contribution in [1.82, 2.24) is 5.32 Å². The van der Waals surface area contributed by atoms with E-state index in [1.807, 2.05) is 18.2 Å². The van der Waals surface area contributed by atoms with E-state index < -0.39 is 0 Å². The third kappa shape index (κ3) is 5.15. The second-order valence-corrected chi connectivity index (χ2v) is 5.39. The molecule has 1 rings (SSSR count). The van der Waals surface area contributed by atoms with E-state index in [-0.39, 0.29) is 0 Å². The van der Waals surface area contributed by atoms with Crippen LogP contribution in [-0.4, -0.2) is 13.1 Å². The molecule has 0 aliphatic heterocycles. The standard InChI is InChI=1S/C13H17BrClN/c1-10(2)9-16-7-3-4-11-5-6-12(14)13(15)8-11/h3-6,8,10,16H,7,9H2,1-2H3/b4-3+. The summed E-state index contributed by atoms with van der Waals surface area (Å²) in [7, 11) is 0. The maximum atomic E-state index is 6.00. The van der Waals surface area contributed by atoms with Gasteiger partial charge < -0.3 is 5.32 Å². The molecule has 88 valence electrons. The van der Waals surface area contributed by atoms with Gasteiger partial charge in [-0.05, 0) is 46.1 Å². The Labute approximate surface area is 111 Å². The van der Waals surface area contributed by atoms with Gasteiger partial charge in [0.2, 0.25) is 0 Å². The Hall–Kier alpha value is -0.310. The maximum absolute atomic E-state index is 6.00. The normalized spacial score (nSPS) is 11.6. The van der Waals surface area contributed by atoms with Gasteiger partial charge in [0.1, 0.15) is 0 Å². The second kappa shape index (κ2) is 7.10. The van der Waals surface area contributed by atoms with Crippen LogP contribution in [0.1, 0.15) is 19.4 Å². The highest BCUT2D eigenvalue weighted by Crippen LogP contribution is 2.23. The molecule has 0 spiro atoms. The minimum atomic E-state index is 0.690. The average Bonchev–Trinajstić information content (AvgIpc) is 2.22. The first-order valence-corrected chi connectivity index (χ1v) is 6.59. The van der Waals surface area contributed by atoms with E-state index in [0.717, 1.165) is 28.1 Å². The Balaban J connectivity index is 2.41. The summed E-state index contributed by atoms with van der Waals surface area (Å²) in [5, 5.41) is 4.10. The van der Waals surface area contributed by atoms with Gasteiger partial charge in [-0.1, -0.05) is 43.7 Å². The van der Waals surface area contributed by atoms with Crippen LogP contribution in [0.2, 0.25) is 5.02 Å². The third-order valence-corrected chi connectivity index (χ3v) is 3.30. The van der Waals surface area contributed by atoms with Gasteiger partial charge in [0.15, 0.2) is 0 Å². The first kappa shape index (κ1) is 13.8. The lowest BCUT2D eigenvalue weighted by Gasteiger charge is -2.03. The molecule has 1 N–H and O–H groups in total. The predicted molar refractivity (Wildman–Crippen MR) is 75.9 cm³/mol. The van der Waals surface area contributed by atoms with Crippen molar-refractivity contribution in [2.45, 2.75) is 13.8 Å². The molecule has 3 heteroatoms. The van der Waals surface area contributed by atoms with Crippen molar-refractivity contribution in [2.24, 2.45) is 5.92 Å². The Morgan fingerprint density at radius 3 is 2.81 bits per heavy atom. The Bertz CT molecular complexity index is 361. The lowest BCUT2D eigenvalue weighted by atomic mass is 10.2. The zero-order chi connectivity index (χ0) is 12.0. The van der Waals surface area contributed by atoms with Crippen LogP contribution in [0.25, 0.3) is 6.08 Å². The van der Waals surface area contributed by atoms with Crippen LogP contribution in [0.4, 0.5) is 0 Å².